The highest BCUT2D eigenvalue weighted by Gasteiger charge is 2.23. The van der Waals surface area contributed by atoms with Crippen molar-refractivity contribution >= 4 is 17.5 Å². The van der Waals surface area contributed by atoms with Crippen LogP contribution in [0.5, 0.6) is 0 Å². The molecule has 2 aromatic carbocycles. The maximum atomic E-state index is 12.7. The van der Waals surface area contributed by atoms with Gasteiger partial charge >= 0.3 is 0 Å². The number of hydrogen-bond acceptors (Lipinski definition) is 3. The first-order valence-corrected chi connectivity index (χ1v) is 8.96. The summed E-state index contributed by atoms with van der Waals surface area (Å²) in [6, 6.07) is 15.4. The topological polar surface area (TPSA) is 52.7 Å². The fourth-order valence-electron chi connectivity index (χ4n) is 3.31. The largest absolute Gasteiger partial charge is 0.336 e. The normalized spacial score (nSPS) is 14.9. The van der Waals surface area contributed by atoms with Crippen LogP contribution in [0.3, 0.4) is 0 Å². The van der Waals surface area contributed by atoms with Crippen LogP contribution < -0.4 is 5.32 Å². The molecule has 0 radical (unpaired) electrons. The van der Waals surface area contributed by atoms with Gasteiger partial charge in [-0.1, -0.05) is 35.4 Å². The SMILES string of the molecule is Cc1cc(C)cc(C(=O)N2CCN(CC(=O)Nc3ccccc3)CC2)c1. The molecule has 0 unspecified atom stereocenters. The van der Waals surface area contributed by atoms with Gasteiger partial charge in [-0.15, -0.1) is 0 Å². The summed E-state index contributed by atoms with van der Waals surface area (Å²) in [5.41, 5.74) is 3.76. The van der Waals surface area contributed by atoms with Gasteiger partial charge in [0.25, 0.3) is 5.91 Å². The maximum Gasteiger partial charge on any atom is 0.253 e. The number of nitrogens with one attached hydrogen (secondary N) is 1. The molecule has 1 aliphatic heterocycles. The van der Waals surface area contributed by atoms with E-state index in [-0.39, 0.29) is 11.8 Å². The van der Waals surface area contributed by atoms with E-state index in [1.807, 2.05) is 61.2 Å². The summed E-state index contributed by atoms with van der Waals surface area (Å²) < 4.78 is 0. The van der Waals surface area contributed by atoms with Gasteiger partial charge in [-0.25, -0.2) is 0 Å². The van der Waals surface area contributed by atoms with E-state index in [2.05, 4.69) is 16.3 Å². The minimum atomic E-state index is -0.0229. The molecule has 0 saturated carbocycles. The summed E-state index contributed by atoms with van der Waals surface area (Å²) in [6.07, 6.45) is 0. The smallest absolute Gasteiger partial charge is 0.253 e. The molecule has 2 amide bonds. The predicted molar refractivity (Wildman–Crippen MR) is 103 cm³/mol. The zero-order chi connectivity index (χ0) is 18.5. The van der Waals surface area contributed by atoms with Crippen molar-refractivity contribution in [3.63, 3.8) is 0 Å². The molecular weight excluding hydrogens is 326 g/mol. The molecule has 1 saturated heterocycles. The quantitative estimate of drug-likeness (QED) is 0.921. The van der Waals surface area contributed by atoms with Crippen LogP contribution in [0.25, 0.3) is 0 Å². The van der Waals surface area contributed by atoms with Crippen LogP contribution in [0, 0.1) is 13.8 Å². The number of carbonyl (C=O) groups excluding carboxylic acids is 2. The Morgan fingerprint density at radius 2 is 1.54 bits per heavy atom. The van der Waals surface area contributed by atoms with Gasteiger partial charge in [0.2, 0.25) is 5.91 Å². The van der Waals surface area contributed by atoms with Gasteiger partial charge in [0, 0.05) is 37.4 Å². The second-order valence-corrected chi connectivity index (χ2v) is 6.86. The van der Waals surface area contributed by atoms with Gasteiger partial charge in [0.05, 0.1) is 6.54 Å². The minimum absolute atomic E-state index is 0.0229. The number of piperazine rings is 1. The first kappa shape index (κ1) is 18.1. The first-order chi connectivity index (χ1) is 12.5. The second kappa shape index (κ2) is 8.15. The molecule has 2 aromatic rings. The van der Waals surface area contributed by atoms with Gasteiger partial charge in [-0.3, -0.25) is 14.5 Å². The van der Waals surface area contributed by atoms with Crippen molar-refractivity contribution in [3.8, 4) is 0 Å². The molecule has 5 heteroatoms. The molecule has 0 bridgehead atoms. The Labute approximate surface area is 154 Å². The van der Waals surface area contributed by atoms with E-state index < -0.39 is 0 Å². The van der Waals surface area contributed by atoms with Gasteiger partial charge < -0.3 is 10.2 Å². The third-order valence-corrected chi connectivity index (χ3v) is 4.55. The molecule has 0 spiro atoms. The number of aryl methyl sites for hydroxylation is 2. The van der Waals surface area contributed by atoms with Crippen molar-refractivity contribution in [1.82, 2.24) is 9.80 Å². The lowest BCUT2D eigenvalue weighted by Gasteiger charge is -2.34. The zero-order valence-corrected chi connectivity index (χ0v) is 15.4. The van der Waals surface area contributed by atoms with E-state index in [4.69, 9.17) is 0 Å². The van der Waals surface area contributed by atoms with Crippen molar-refractivity contribution in [2.75, 3.05) is 38.0 Å². The lowest BCUT2D eigenvalue weighted by molar-refractivity contribution is -0.117. The Bertz CT molecular complexity index is 761. The molecule has 136 valence electrons. The lowest BCUT2D eigenvalue weighted by Crippen LogP contribution is -2.50. The zero-order valence-electron chi connectivity index (χ0n) is 15.4. The summed E-state index contributed by atoms with van der Waals surface area (Å²) in [7, 11) is 0. The second-order valence-electron chi connectivity index (χ2n) is 6.86. The molecular formula is C21H25N3O2. The van der Waals surface area contributed by atoms with E-state index in [9.17, 15) is 9.59 Å². The molecule has 0 aromatic heterocycles. The summed E-state index contributed by atoms with van der Waals surface area (Å²) in [6.45, 7) is 7.06. The number of amides is 2. The molecule has 26 heavy (non-hydrogen) atoms. The molecule has 1 aliphatic rings. The van der Waals surface area contributed by atoms with E-state index in [1.165, 1.54) is 0 Å². The van der Waals surface area contributed by atoms with E-state index in [0.29, 0.717) is 32.7 Å². The first-order valence-electron chi connectivity index (χ1n) is 8.96. The molecule has 5 nitrogen and oxygen atoms in total. The van der Waals surface area contributed by atoms with Gasteiger partial charge in [-0.2, -0.15) is 0 Å². The monoisotopic (exact) mass is 351 g/mol. The van der Waals surface area contributed by atoms with Crippen LogP contribution in [-0.2, 0) is 4.79 Å². The Morgan fingerprint density at radius 1 is 0.923 bits per heavy atom. The maximum absolute atomic E-state index is 12.7. The molecule has 0 atom stereocenters. The van der Waals surface area contributed by atoms with E-state index in [0.717, 1.165) is 22.4 Å². The van der Waals surface area contributed by atoms with Gasteiger partial charge in [-0.05, 0) is 38.1 Å². The number of hydrogen-bond donors (Lipinski definition) is 1. The van der Waals surface area contributed by atoms with Crippen LogP contribution in [0.15, 0.2) is 48.5 Å². The molecule has 1 fully saturated rings. The number of para-hydroxylation sites is 1. The fourth-order valence-corrected chi connectivity index (χ4v) is 3.31. The highest BCUT2D eigenvalue weighted by molar-refractivity contribution is 5.95. The predicted octanol–water partition coefficient (Wildman–Crippen LogP) is 2.70. The van der Waals surface area contributed by atoms with Crippen LogP contribution in [0.2, 0.25) is 0 Å². The van der Waals surface area contributed by atoms with Gasteiger partial charge in [0.15, 0.2) is 0 Å². The molecule has 1 heterocycles. The molecule has 1 N–H and O–H groups in total. The summed E-state index contributed by atoms with van der Waals surface area (Å²) in [5, 5.41) is 2.90. The van der Waals surface area contributed by atoms with Crippen molar-refractivity contribution in [2.24, 2.45) is 0 Å². The van der Waals surface area contributed by atoms with E-state index >= 15 is 0 Å². The number of rotatable bonds is 4. The average molecular weight is 351 g/mol. The Morgan fingerprint density at radius 3 is 2.15 bits per heavy atom. The standard InChI is InChI=1S/C21H25N3O2/c1-16-12-17(2)14-18(13-16)21(26)24-10-8-23(9-11-24)15-20(25)22-19-6-4-3-5-7-19/h3-7,12-14H,8-11,15H2,1-2H3,(H,22,25). The van der Waals surface area contributed by atoms with Crippen LogP contribution in [0.1, 0.15) is 21.5 Å². The summed E-state index contributed by atoms with van der Waals surface area (Å²) in [5.74, 6) is 0.0514. The Balaban J connectivity index is 1.51. The van der Waals surface area contributed by atoms with Gasteiger partial charge in [0.1, 0.15) is 0 Å². The third kappa shape index (κ3) is 4.70. The van der Waals surface area contributed by atoms with Crippen molar-refractivity contribution in [2.45, 2.75) is 13.8 Å². The Hall–Kier alpha value is -2.66. The number of benzene rings is 2. The third-order valence-electron chi connectivity index (χ3n) is 4.55. The fraction of sp³-hybridized carbons (Fsp3) is 0.333. The average Bonchev–Trinajstić information content (AvgIpc) is 2.61. The Kier molecular flexibility index (Phi) is 5.68. The van der Waals surface area contributed by atoms with Crippen molar-refractivity contribution in [1.29, 1.82) is 0 Å². The minimum Gasteiger partial charge on any atom is -0.336 e. The van der Waals surface area contributed by atoms with Crippen molar-refractivity contribution < 1.29 is 9.59 Å². The molecule has 0 aliphatic carbocycles. The number of nitrogens with zero attached hydrogens (tertiary/aromatic N) is 2. The highest BCUT2D eigenvalue weighted by atomic mass is 16.2. The van der Waals surface area contributed by atoms with Crippen LogP contribution in [-0.4, -0.2) is 54.3 Å². The van der Waals surface area contributed by atoms with Crippen molar-refractivity contribution in [3.05, 3.63) is 65.2 Å². The highest BCUT2D eigenvalue weighted by Crippen LogP contribution is 2.13. The van der Waals surface area contributed by atoms with Crippen LogP contribution in [0.4, 0.5) is 5.69 Å². The number of carbonyl (C=O) groups is 2. The van der Waals surface area contributed by atoms with Crippen LogP contribution >= 0.6 is 0 Å². The lowest BCUT2D eigenvalue weighted by atomic mass is 10.1. The van der Waals surface area contributed by atoms with E-state index in [1.54, 1.807) is 0 Å². The summed E-state index contributed by atoms with van der Waals surface area (Å²) in [4.78, 5) is 28.8. The number of anilines is 1. The molecule has 3 rings (SSSR count). The summed E-state index contributed by atoms with van der Waals surface area (Å²) >= 11 is 0.